The van der Waals surface area contributed by atoms with Gasteiger partial charge in [-0.1, -0.05) is 6.07 Å². The molecule has 230 valence electrons. The molecule has 2 unspecified atom stereocenters. The third-order valence-corrected chi connectivity index (χ3v) is 8.63. The van der Waals surface area contributed by atoms with Gasteiger partial charge in [-0.25, -0.2) is 9.50 Å². The quantitative estimate of drug-likeness (QED) is 0.251. The summed E-state index contributed by atoms with van der Waals surface area (Å²) in [4.78, 5) is 9.83. The van der Waals surface area contributed by atoms with Crippen LogP contribution in [-0.2, 0) is 13.1 Å². The lowest BCUT2D eigenvalue weighted by molar-refractivity contribution is -0.00870. The fourth-order valence-corrected chi connectivity index (χ4v) is 6.44. The van der Waals surface area contributed by atoms with Gasteiger partial charge in [0.25, 0.3) is 0 Å². The van der Waals surface area contributed by atoms with E-state index >= 15 is 0 Å². The van der Waals surface area contributed by atoms with Gasteiger partial charge in [0, 0.05) is 67.0 Å². The number of nitriles is 1. The number of aromatic nitrogens is 5. The number of hydrogen-bond donors (Lipinski definition) is 1. The minimum atomic E-state index is -0.983. The van der Waals surface area contributed by atoms with E-state index in [-0.39, 0.29) is 6.61 Å². The molecule has 0 spiro atoms. The Kier molecular flexibility index (Phi) is 7.39. The summed E-state index contributed by atoms with van der Waals surface area (Å²) in [6.07, 6.45) is 10.1. The van der Waals surface area contributed by atoms with Crippen molar-refractivity contribution >= 4 is 11.3 Å². The standard InChI is InChI=1S/C34H36N8O3/c1-34(2,43)22-45-29-13-30(33-26(14-35)16-38-42(33)21-29)24-6-8-32(36-15-24)39-19-27-12-28(20-39)41(27)17-23-5-7-31(44-3)25(11-23)18-40-10-4-9-37-40/h4-11,13,15-16,21,27-28,43H,12,17-20,22H2,1-3H3. The van der Waals surface area contributed by atoms with Crippen molar-refractivity contribution < 1.29 is 14.6 Å². The molecule has 11 heteroatoms. The van der Waals surface area contributed by atoms with Crippen LogP contribution in [0.2, 0.25) is 0 Å². The molecule has 2 atom stereocenters. The molecule has 1 aromatic carbocycles. The summed E-state index contributed by atoms with van der Waals surface area (Å²) in [7, 11) is 1.71. The van der Waals surface area contributed by atoms with Gasteiger partial charge in [-0.15, -0.1) is 0 Å². The SMILES string of the molecule is COc1ccc(CN2C3CC2CN(c2ccc(-c4cc(OCC(C)(C)O)cn5ncc(C#N)c45)cn2)C3)cc1Cn1cccn1. The molecule has 5 aromatic rings. The highest BCUT2D eigenvalue weighted by Crippen LogP contribution is 2.37. The van der Waals surface area contributed by atoms with Crippen molar-refractivity contribution in [2.45, 2.75) is 51.0 Å². The zero-order valence-corrected chi connectivity index (χ0v) is 25.7. The van der Waals surface area contributed by atoms with E-state index in [4.69, 9.17) is 14.5 Å². The summed E-state index contributed by atoms with van der Waals surface area (Å²) < 4.78 is 15.1. The predicted octanol–water partition coefficient (Wildman–Crippen LogP) is 4.13. The second-order valence-electron chi connectivity index (χ2n) is 12.5. The van der Waals surface area contributed by atoms with Gasteiger partial charge in [0.2, 0.25) is 0 Å². The number of nitrogens with zero attached hydrogens (tertiary/aromatic N) is 8. The summed E-state index contributed by atoms with van der Waals surface area (Å²) in [5.74, 6) is 2.38. The maximum Gasteiger partial charge on any atom is 0.138 e. The number of fused-ring (bicyclic) bond motifs is 3. The van der Waals surface area contributed by atoms with Crippen molar-refractivity contribution in [2.75, 3.05) is 31.7 Å². The highest BCUT2D eigenvalue weighted by atomic mass is 16.5. The third-order valence-electron chi connectivity index (χ3n) is 8.63. The van der Waals surface area contributed by atoms with Crippen LogP contribution in [-0.4, -0.2) is 78.9 Å². The zero-order chi connectivity index (χ0) is 31.1. The molecule has 11 nitrogen and oxygen atoms in total. The van der Waals surface area contributed by atoms with Crippen LogP contribution in [0.4, 0.5) is 5.82 Å². The first kappa shape index (κ1) is 28.8. The van der Waals surface area contributed by atoms with E-state index in [2.05, 4.69) is 50.3 Å². The van der Waals surface area contributed by atoms with Crippen molar-refractivity contribution in [3.8, 4) is 28.7 Å². The predicted molar refractivity (Wildman–Crippen MR) is 169 cm³/mol. The average molecular weight is 605 g/mol. The van der Waals surface area contributed by atoms with Crippen molar-refractivity contribution in [3.05, 3.63) is 90.1 Å². The smallest absolute Gasteiger partial charge is 0.138 e. The molecular formula is C34H36N8O3. The number of rotatable bonds is 10. The van der Waals surface area contributed by atoms with Crippen LogP contribution in [0.5, 0.6) is 11.5 Å². The monoisotopic (exact) mass is 604 g/mol. The first-order valence-electron chi connectivity index (χ1n) is 15.1. The zero-order valence-electron chi connectivity index (χ0n) is 25.7. The van der Waals surface area contributed by atoms with Crippen LogP contribution in [0.3, 0.4) is 0 Å². The fraction of sp³-hybridized carbons (Fsp3) is 0.353. The topological polar surface area (TPSA) is 117 Å². The maximum atomic E-state index is 10.1. The number of aliphatic hydroxyl groups is 1. The van der Waals surface area contributed by atoms with E-state index < -0.39 is 5.60 Å². The van der Waals surface area contributed by atoms with Crippen LogP contribution < -0.4 is 14.4 Å². The first-order valence-corrected chi connectivity index (χ1v) is 15.1. The van der Waals surface area contributed by atoms with Gasteiger partial charge in [-0.05, 0) is 62.2 Å². The van der Waals surface area contributed by atoms with E-state index in [1.807, 2.05) is 35.3 Å². The number of hydrogen-bond acceptors (Lipinski definition) is 9. The number of anilines is 1. The Balaban J connectivity index is 1.06. The van der Waals surface area contributed by atoms with E-state index in [0.717, 1.165) is 47.9 Å². The lowest BCUT2D eigenvalue weighted by Crippen LogP contribution is -2.68. The molecule has 1 N–H and O–H groups in total. The Labute approximate surface area is 261 Å². The molecule has 3 saturated heterocycles. The number of methoxy groups -OCH3 is 1. The summed E-state index contributed by atoms with van der Waals surface area (Å²) in [5, 5.41) is 28.6. The van der Waals surface area contributed by atoms with Gasteiger partial charge in [0.1, 0.15) is 30.0 Å². The fourth-order valence-electron chi connectivity index (χ4n) is 6.44. The van der Waals surface area contributed by atoms with Crippen molar-refractivity contribution in [1.82, 2.24) is 29.3 Å². The van der Waals surface area contributed by atoms with Crippen LogP contribution >= 0.6 is 0 Å². The third kappa shape index (κ3) is 5.82. The Hall–Kier alpha value is -4.92. The Bertz CT molecular complexity index is 1840. The number of benzene rings is 1. The van der Waals surface area contributed by atoms with Crippen molar-refractivity contribution in [1.29, 1.82) is 5.26 Å². The molecule has 3 fully saturated rings. The molecular weight excluding hydrogens is 568 g/mol. The molecule has 8 rings (SSSR count). The minimum Gasteiger partial charge on any atom is -0.496 e. The van der Waals surface area contributed by atoms with Crippen LogP contribution in [0, 0.1) is 11.3 Å². The number of piperazine rings is 1. The summed E-state index contributed by atoms with van der Waals surface area (Å²) in [5.41, 5.74) is 4.26. The number of pyridine rings is 2. The second kappa shape index (κ2) is 11.5. The second-order valence-corrected chi connectivity index (χ2v) is 12.5. The Morgan fingerprint density at radius 3 is 2.60 bits per heavy atom. The summed E-state index contributed by atoms with van der Waals surface area (Å²) in [6.45, 7) is 6.94. The molecule has 45 heavy (non-hydrogen) atoms. The summed E-state index contributed by atoms with van der Waals surface area (Å²) >= 11 is 0. The molecule has 3 aliphatic heterocycles. The highest BCUT2D eigenvalue weighted by molar-refractivity contribution is 5.85. The van der Waals surface area contributed by atoms with E-state index in [1.54, 1.807) is 44.1 Å². The van der Waals surface area contributed by atoms with Crippen LogP contribution in [0.1, 0.15) is 37.0 Å². The largest absolute Gasteiger partial charge is 0.496 e. The first-order chi connectivity index (χ1) is 21.8. The Morgan fingerprint density at radius 1 is 1.07 bits per heavy atom. The molecule has 0 amide bonds. The summed E-state index contributed by atoms with van der Waals surface area (Å²) in [6, 6.07) is 17.6. The normalized spacial score (nSPS) is 18.1. The van der Waals surface area contributed by atoms with Gasteiger partial charge in [-0.3, -0.25) is 9.58 Å². The van der Waals surface area contributed by atoms with Gasteiger partial charge < -0.3 is 19.5 Å². The lowest BCUT2D eigenvalue weighted by Gasteiger charge is -2.56. The molecule has 0 radical (unpaired) electrons. The molecule has 0 aliphatic carbocycles. The number of piperidine rings is 1. The van der Waals surface area contributed by atoms with Gasteiger partial charge >= 0.3 is 0 Å². The van der Waals surface area contributed by atoms with Gasteiger partial charge in [0.05, 0.1) is 42.7 Å². The average Bonchev–Trinajstić information content (AvgIpc) is 3.72. The van der Waals surface area contributed by atoms with Gasteiger partial charge in [-0.2, -0.15) is 15.5 Å². The van der Waals surface area contributed by atoms with E-state index in [1.165, 1.54) is 12.0 Å². The lowest BCUT2D eigenvalue weighted by atomic mass is 9.86. The van der Waals surface area contributed by atoms with Gasteiger partial charge in [0.15, 0.2) is 0 Å². The molecule has 2 bridgehead atoms. The van der Waals surface area contributed by atoms with E-state index in [0.29, 0.717) is 35.5 Å². The molecule has 4 aromatic heterocycles. The molecule has 0 saturated carbocycles. The van der Waals surface area contributed by atoms with E-state index in [9.17, 15) is 10.4 Å². The minimum absolute atomic E-state index is 0.126. The van der Waals surface area contributed by atoms with Crippen LogP contribution in [0.15, 0.2) is 73.4 Å². The highest BCUT2D eigenvalue weighted by Gasteiger charge is 2.44. The Morgan fingerprint density at radius 2 is 1.91 bits per heavy atom. The molecule has 3 aliphatic rings. The van der Waals surface area contributed by atoms with Crippen molar-refractivity contribution in [3.63, 3.8) is 0 Å². The van der Waals surface area contributed by atoms with Crippen LogP contribution in [0.25, 0.3) is 16.6 Å². The molecule has 7 heterocycles. The van der Waals surface area contributed by atoms with Crippen molar-refractivity contribution in [2.24, 2.45) is 0 Å². The number of ether oxygens (including phenoxy) is 2. The maximum absolute atomic E-state index is 10.1.